The third kappa shape index (κ3) is 7.35. The van der Waals surface area contributed by atoms with Gasteiger partial charge in [0.05, 0.1) is 0 Å². The van der Waals surface area contributed by atoms with Gasteiger partial charge in [0.2, 0.25) is 0 Å². The summed E-state index contributed by atoms with van der Waals surface area (Å²) in [6, 6.07) is 13.8. The number of fused-ring (bicyclic) bond motifs is 1. The largest absolute Gasteiger partial charge is 0.434 e. The van der Waals surface area contributed by atoms with E-state index in [0.717, 1.165) is 48.8 Å². The number of hydrogen-bond acceptors (Lipinski definition) is 5. The van der Waals surface area contributed by atoms with Crippen LogP contribution in [0, 0.1) is 0 Å². The number of aromatic nitrogens is 2. The minimum Gasteiger partial charge on any atom is -0.382 e. The molecule has 0 aliphatic heterocycles. The van der Waals surface area contributed by atoms with Crippen molar-refractivity contribution < 1.29 is 13.2 Å². The number of pyridine rings is 1. The monoisotopic (exact) mass is 519 g/mol. The molecule has 0 spiro atoms. The molecule has 0 amide bonds. The third-order valence-electron chi connectivity index (χ3n) is 5.86. The summed E-state index contributed by atoms with van der Waals surface area (Å²) in [6.45, 7) is 12.5. The molecule has 1 fully saturated rings. The minimum absolute atomic E-state index is 0.189. The molecular weight excluding hydrogens is 483 g/mol. The first-order chi connectivity index (χ1) is 17.2. The molecule has 0 radical (unpaired) electrons. The SMILES string of the molecule is C=C(NC1CCC(Nc2cccc3nc(C(F)(F)F)cn23)CC1)c1cccc(NSC(C)C)c1.CC. The number of nitrogens with zero attached hydrogens (tertiary/aromatic N) is 2. The molecule has 5 nitrogen and oxygen atoms in total. The van der Waals surface area contributed by atoms with E-state index in [9.17, 15) is 13.2 Å². The standard InChI is InChI=1S/C25H30F3N5S.C2H6/c1-16(2)34-32-21-7-4-6-18(14-21)17(3)29-19-10-12-20(13-11-19)30-23-8-5-9-24-31-22(15-33(23)24)25(26,27)28;1-2/h4-9,14-16,19-20,29-30,32H,3,10-13H2,1-2H3;1-2H3. The second-order valence-electron chi connectivity index (χ2n) is 8.93. The molecule has 0 saturated heterocycles. The lowest BCUT2D eigenvalue weighted by atomic mass is 9.90. The van der Waals surface area contributed by atoms with Gasteiger partial charge in [0, 0.05) is 34.9 Å². The van der Waals surface area contributed by atoms with Crippen LogP contribution in [0.1, 0.15) is 64.6 Å². The van der Waals surface area contributed by atoms with E-state index >= 15 is 0 Å². The van der Waals surface area contributed by atoms with Crippen molar-refractivity contribution in [2.24, 2.45) is 0 Å². The summed E-state index contributed by atoms with van der Waals surface area (Å²) in [5.41, 5.74) is 2.41. The molecule has 36 heavy (non-hydrogen) atoms. The summed E-state index contributed by atoms with van der Waals surface area (Å²) in [4.78, 5) is 3.71. The van der Waals surface area contributed by atoms with Crippen molar-refractivity contribution in [2.75, 3.05) is 10.0 Å². The Kier molecular flexibility index (Phi) is 9.59. The first-order valence-electron chi connectivity index (χ1n) is 12.5. The van der Waals surface area contributed by atoms with E-state index in [-0.39, 0.29) is 11.7 Å². The van der Waals surface area contributed by atoms with Gasteiger partial charge in [-0.2, -0.15) is 13.2 Å². The van der Waals surface area contributed by atoms with Crippen LogP contribution in [0.15, 0.2) is 55.2 Å². The van der Waals surface area contributed by atoms with Crippen molar-refractivity contribution in [3.05, 3.63) is 66.5 Å². The van der Waals surface area contributed by atoms with Crippen molar-refractivity contribution >= 4 is 34.8 Å². The summed E-state index contributed by atoms with van der Waals surface area (Å²) >= 11 is 1.68. The lowest BCUT2D eigenvalue weighted by molar-refractivity contribution is -0.140. The highest BCUT2D eigenvalue weighted by Crippen LogP contribution is 2.30. The Morgan fingerprint density at radius 1 is 1.06 bits per heavy atom. The molecule has 0 unspecified atom stereocenters. The number of anilines is 2. The maximum atomic E-state index is 13.1. The zero-order valence-corrected chi connectivity index (χ0v) is 22.1. The maximum Gasteiger partial charge on any atom is 0.434 e. The van der Waals surface area contributed by atoms with Crippen LogP contribution in [-0.4, -0.2) is 26.7 Å². The predicted molar refractivity (Wildman–Crippen MR) is 146 cm³/mol. The predicted octanol–water partition coefficient (Wildman–Crippen LogP) is 7.83. The number of imidazole rings is 1. The summed E-state index contributed by atoms with van der Waals surface area (Å²) in [6.07, 6.45) is 0.316. The number of halogens is 3. The van der Waals surface area contributed by atoms with Gasteiger partial charge in [-0.05, 0) is 67.5 Å². The summed E-state index contributed by atoms with van der Waals surface area (Å²) in [7, 11) is 0. The van der Waals surface area contributed by atoms with Crippen molar-refractivity contribution in [1.82, 2.24) is 14.7 Å². The molecule has 1 saturated carbocycles. The Morgan fingerprint density at radius 2 is 1.72 bits per heavy atom. The zero-order chi connectivity index (χ0) is 26.3. The van der Waals surface area contributed by atoms with Gasteiger partial charge in [0.25, 0.3) is 0 Å². The van der Waals surface area contributed by atoms with Crippen LogP contribution in [0.25, 0.3) is 11.3 Å². The van der Waals surface area contributed by atoms with E-state index < -0.39 is 11.9 Å². The fraction of sp³-hybridized carbons (Fsp3) is 0.444. The Hall–Kier alpha value is -2.81. The van der Waals surface area contributed by atoms with Crippen LogP contribution in [0.4, 0.5) is 24.7 Å². The van der Waals surface area contributed by atoms with Crippen molar-refractivity contribution in [3.63, 3.8) is 0 Å². The number of alkyl halides is 3. The Morgan fingerprint density at radius 3 is 2.39 bits per heavy atom. The molecule has 1 aliphatic carbocycles. The number of hydrogen-bond donors (Lipinski definition) is 3. The average molecular weight is 520 g/mol. The highest BCUT2D eigenvalue weighted by molar-refractivity contribution is 8.01. The van der Waals surface area contributed by atoms with Crippen LogP contribution in [0.2, 0.25) is 0 Å². The summed E-state index contributed by atoms with van der Waals surface area (Å²) in [5, 5.41) is 7.47. The van der Waals surface area contributed by atoms with Crippen LogP contribution in [0.5, 0.6) is 0 Å². The van der Waals surface area contributed by atoms with Gasteiger partial charge in [-0.3, -0.25) is 4.40 Å². The quantitative estimate of drug-likeness (QED) is 0.265. The molecule has 3 aromatic rings. The van der Waals surface area contributed by atoms with Gasteiger partial charge < -0.3 is 15.4 Å². The first kappa shape index (κ1) is 27.8. The summed E-state index contributed by atoms with van der Waals surface area (Å²) < 4.78 is 44.0. The Balaban J connectivity index is 0.00000176. The molecule has 1 aromatic carbocycles. The Bertz CT molecular complexity index is 1130. The zero-order valence-electron chi connectivity index (χ0n) is 21.3. The van der Waals surface area contributed by atoms with Crippen molar-refractivity contribution in [3.8, 4) is 0 Å². The molecule has 3 N–H and O–H groups in total. The van der Waals surface area contributed by atoms with E-state index in [1.807, 2.05) is 26.0 Å². The lowest BCUT2D eigenvalue weighted by Gasteiger charge is -2.31. The van der Waals surface area contributed by atoms with Gasteiger partial charge in [-0.25, -0.2) is 4.98 Å². The molecule has 9 heteroatoms. The first-order valence-corrected chi connectivity index (χ1v) is 13.4. The van der Waals surface area contributed by atoms with Crippen LogP contribution in [-0.2, 0) is 6.18 Å². The van der Waals surface area contributed by atoms with E-state index in [1.165, 1.54) is 4.40 Å². The molecule has 2 heterocycles. The topological polar surface area (TPSA) is 53.4 Å². The van der Waals surface area contributed by atoms with Gasteiger partial charge in [-0.15, -0.1) is 0 Å². The number of rotatable bonds is 8. The van der Waals surface area contributed by atoms with Crippen molar-refractivity contribution in [2.45, 2.75) is 76.9 Å². The second-order valence-corrected chi connectivity index (χ2v) is 10.3. The lowest BCUT2D eigenvalue weighted by Crippen LogP contribution is -2.36. The van der Waals surface area contributed by atoms with E-state index in [4.69, 9.17) is 0 Å². The highest BCUT2D eigenvalue weighted by atomic mass is 32.2. The van der Waals surface area contributed by atoms with Gasteiger partial charge >= 0.3 is 6.18 Å². The molecule has 196 valence electrons. The highest BCUT2D eigenvalue weighted by Gasteiger charge is 2.34. The number of benzene rings is 1. The van der Waals surface area contributed by atoms with Crippen molar-refractivity contribution in [1.29, 1.82) is 0 Å². The van der Waals surface area contributed by atoms with Gasteiger partial charge in [0.1, 0.15) is 11.5 Å². The smallest absolute Gasteiger partial charge is 0.382 e. The molecule has 4 rings (SSSR count). The fourth-order valence-electron chi connectivity index (χ4n) is 4.14. The van der Waals surface area contributed by atoms with Crippen LogP contribution in [0.3, 0.4) is 0 Å². The fourth-order valence-corrected chi connectivity index (χ4v) is 4.64. The average Bonchev–Trinajstić information content (AvgIpc) is 3.32. The van der Waals surface area contributed by atoms with E-state index in [0.29, 0.717) is 17.1 Å². The second kappa shape index (κ2) is 12.4. The van der Waals surface area contributed by atoms with Gasteiger partial charge in [0.15, 0.2) is 5.69 Å². The van der Waals surface area contributed by atoms with Gasteiger partial charge in [-0.1, -0.05) is 52.5 Å². The number of nitrogens with one attached hydrogen (secondary N) is 3. The molecule has 1 aliphatic rings. The minimum atomic E-state index is -4.46. The summed E-state index contributed by atoms with van der Waals surface area (Å²) in [5.74, 6) is 0.630. The third-order valence-corrected chi connectivity index (χ3v) is 6.69. The molecule has 0 bridgehead atoms. The van der Waals surface area contributed by atoms with Crippen LogP contribution >= 0.6 is 11.9 Å². The van der Waals surface area contributed by atoms with E-state index in [1.54, 1.807) is 30.1 Å². The molecular formula is C27H36F3N5S. The molecule has 0 atom stereocenters. The normalized spacial score (nSPS) is 17.9. The maximum absolute atomic E-state index is 13.1. The Labute approximate surface area is 216 Å². The van der Waals surface area contributed by atoms with E-state index in [2.05, 4.69) is 52.9 Å². The van der Waals surface area contributed by atoms with Crippen LogP contribution < -0.4 is 15.4 Å². The molecule has 2 aromatic heterocycles.